The van der Waals surface area contributed by atoms with Gasteiger partial charge < -0.3 is 14.4 Å². The zero-order valence-corrected chi connectivity index (χ0v) is 10.8. The first-order chi connectivity index (χ1) is 9.28. The van der Waals surface area contributed by atoms with Gasteiger partial charge in [-0.25, -0.2) is 0 Å². The lowest BCUT2D eigenvalue weighted by molar-refractivity contribution is 0.373. The maximum absolute atomic E-state index is 9.73. The van der Waals surface area contributed by atoms with E-state index in [4.69, 9.17) is 9.26 Å². The van der Waals surface area contributed by atoms with E-state index in [0.717, 1.165) is 5.56 Å². The molecule has 19 heavy (non-hydrogen) atoms. The Labute approximate surface area is 113 Å². The molecule has 0 fully saturated rings. The second kappa shape index (κ2) is 4.74. The average Bonchev–Trinajstić information content (AvgIpc) is 3.09. The Morgan fingerprint density at radius 1 is 1.26 bits per heavy atom. The fourth-order valence-corrected chi connectivity index (χ4v) is 2.31. The number of rotatable bonds is 3. The minimum Gasteiger partial charge on any atom is -0.504 e. The minimum absolute atomic E-state index is 0.0373. The highest BCUT2D eigenvalue weighted by atomic mass is 32.1. The van der Waals surface area contributed by atoms with E-state index in [0.29, 0.717) is 23.0 Å². The van der Waals surface area contributed by atoms with Gasteiger partial charge in [0, 0.05) is 16.5 Å². The van der Waals surface area contributed by atoms with E-state index >= 15 is 0 Å². The quantitative estimate of drug-likeness (QED) is 0.794. The molecule has 0 aliphatic rings. The van der Waals surface area contributed by atoms with Crippen molar-refractivity contribution in [1.82, 2.24) is 10.1 Å². The molecule has 0 saturated heterocycles. The first-order valence-electron chi connectivity index (χ1n) is 5.51. The molecule has 0 saturated carbocycles. The maximum Gasteiger partial charge on any atom is 0.258 e. The van der Waals surface area contributed by atoms with Crippen molar-refractivity contribution in [3.63, 3.8) is 0 Å². The van der Waals surface area contributed by atoms with Crippen LogP contribution in [-0.2, 0) is 0 Å². The van der Waals surface area contributed by atoms with Gasteiger partial charge in [0.1, 0.15) is 0 Å². The van der Waals surface area contributed by atoms with Crippen LogP contribution in [0.1, 0.15) is 0 Å². The average molecular weight is 274 g/mol. The molecule has 1 aromatic carbocycles. The number of nitrogens with zero attached hydrogens (tertiary/aromatic N) is 2. The SMILES string of the molecule is COc1ccc(-c2nc(-c3ccsc3)no2)cc1O. The number of aromatic hydroxyl groups is 1. The molecule has 3 aromatic rings. The molecule has 1 N–H and O–H groups in total. The molecule has 0 spiro atoms. The minimum atomic E-state index is 0.0373. The van der Waals surface area contributed by atoms with E-state index in [1.807, 2.05) is 16.8 Å². The molecule has 0 aliphatic heterocycles. The zero-order valence-electron chi connectivity index (χ0n) is 10.0. The number of phenolic OH excluding ortho intramolecular Hbond substituents is 1. The molecule has 2 heterocycles. The molecule has 96 valence electrons. The van der Waals surface area contributed by atoms with Crippen molar-refractivity contribution >= 4 is 11.3 Å². The summed E-state index contributed by atoms with van der Waals surface area (Å²) in [5, 5.41) is 17.5. The Morgan fingerprint density at radius 2 is 2.16 bits per heavy atom. The van der Waals surface area contributed by atoms with E-state index in [9.17, 15) is 5.11 Å². The van der Waals surface area contributed by atoms with Crippen LogP contribution in [0.15, 0.2) is 39.5 Å². The van der Waals surface area contributed by atoms with E-state index in [1.165, 1.54) is 13.2 Å². The topological polar surface area (TPSA) is 68.4 Å². The van der Waals surface area contributed by atoms with Crippen molar-refractivity contribution in [3.8, 4) is 34.3 Å². The monoisotopic (exact) mass is 274 g/mol. The molecule has 0 unspecified atom stereocenters. The molecule has 3 rings (SSSR count). The van der Waals surface area contributed by atoms with E-state index in [1.54, 1.807) is 23.5 Å². The van der Waals surface area contributed by atoms with E-state index < -0.39 is 0 Å². The second-order valence-corrected chi connectivity index (χ2v) is 4.60. The van der Waals surface area contributed by atoms with Gasteiger partial charge in [-0.3, -0.25) is 0 Å². The van der Waals surface area contributed by atoms with Gasteiger partial charge in [0.2, 0.25) is 5.82 Å². The van der Waals surface area contributed by atoms with Crippen molar-refractivity contribution in [3.05, 3.63) is 35.0 Å². The lowest BCUT2D eigenvalue weighted by Crippen LogP contribution is -1.84. The smallest absolute Gasteiger partial charge is 0.258 e. The Kier molecular flexibility index (Phi) is 2.92. The molecule has 0 radical (unpaired) electrons. The van der Waals surface area contributed by atoms with Crippen LogP contribution >= 0.6 is 11.3 Å². The summed E-state index contributed by atoms with van der Waals surface area (Å²) in [6.45, 7) is 0. The first kappa shape index (κ1) is 11.7. The molecule has 5 nitrogen and oxygen atoms in total. The molecule has 0 aliphatic carbocycles. The Hall–Kier alpha value is -2.34. The van der Waals surface area contributed by atoms with Gasteiger partial charge in [-0.05, 0) is 29.6 Å². The summed E-state index contributed by atoms with van der Waals surface area (Å²) in [7, 11) is 1.50. The zero-order chi connectivity index (χ0) is 13.2. The summed E-state index contributed by atoms with van der Waals surface area (Å²) in [6, 6.07) is 6.86. The number of hydrogen-bond acceptors (Lipinski definition) is 6. The number of thiophene rings is 1. The van der Waals surface area contributed by atoms with Crippen molar-refractivity contribution in [2.24, 2.45) is 0 Å². The maximum atomic E-state index is 9.73. The van der Waals surface area contributed by atoms with Crippen LogP contribution < -0.4 is 4.74 Å². The predicted molar refractivity (Wildman–Crippen MR) is 71.3 cm³/mol. The van der Waals surface area contributed by atoms with Crippen LogP contribution in [0.25, 0.3) is 22.8 Å². The summed E-state index contributed by atoms with van der Waals surface area (Å²) in [5.41, 5.74) is 1.56. The van der Waals surface area contributed by atoms with Crippen molar-refractivity contribution in [2.75, 3.05) is 7.11 Å². The lowest BCUT2D eigenvalue weighted by Gasteiger charge is -2.03. The van der Waals surface area contributed by atoms with Gasteiger partial charge in [-0.15, -0.1) is 0 Å². The predicted octanol–water partition coefficient (Wildman–Crippen LogP) is 3.18. The van der Waals surface area contributed by atoms with Gasteiger partial charge in [0.25, 0.3) is 5.89 Å². The molecule has 0 atom stereocenters. The van der Waals surface area contributed by atoms with Crippen molar-refractivity contribution < 1.29 is 14.4 Å². The number of ether oxygens (including phenoxy) is 1. The second-order valence-electron chi connectivity index (χ2n) is 3.82. The standard InChI is InChI=1S/C13H10N2O3S/c1-17-11-3-2-8(6-10(11)16)13-14-12(15-18-13)9-4-5-19-7-9/h2-7,16H,1H3. The van der Waals surface area contributed by atoms with E-state index in [-0.39, 0.29) is 5.75 Å². The summed E-state index contributed by atoms with van der Waals surface area (Å²) in [4.78, 5) is 4.30. The number of phenols is 1. The van der Waals surface area contributed by atoms with Crippen LogP contribution in [-0.4, -0.2) is 22.4 Å². The molecular formula is C13H10N2O3S. The van der Waals surface area contributed by atoms with Crippen LogP contribution in [0, 0.1) is 0 Å². The van der Waals surface area contributed by atoms with Crippen molar-refractivity contribution in [1.29, 1.82) is 0 Å². The van der Waals surface area contributed by atoms with Gasteiger partial charge in [0.15, 0.2) is 11.5 Å². The molecule has 2 aromatic heterocycles. The largest absolute Gasteiger partial charge is 0.504 e. The van der Waals surface area contributed by atoms with Gasteiger partial charge >= 0.3 is 0 Å². The highest BCUT2D eigenvalue weighted by Crippen LogP contribution is 2.31. The van der Waals surface area contributed by atoms with Crippen LogP contribution in [0.4, 0.5) is 0 Å². The van der Waals surface area contributed by atoms with Crippen LogP contribution in [0.3, 0.4) is 0 Å². The van der Waals surface area contributed by atoms with Crippen LogP contribution in [0.5, 0.6) is 11.5 Å². The van der Waals surface area contributed by atoms with Crippen molar-refractivity contribution in [2.45, 2.75) is 0 Å². The normalized spacial score (nSPS) is 10.6. The molecule has 6 heteroatoms. The Bertz CT molecular complexity index is 692. The van der Waals surface area contributed by atoms with E-state index in [2.05, 4.69) is 10.1 Å². The summed E-state index contributed by atoms with van der Waals surface area (Å²) < 4.78 is 10.2. The fourth-order valence-electron chi connectivity index (χ4n) is 1.67. The van der Waals surface area contributed by atoms with Gasteiger partial charge in [0.05, 0.1) is 7.11 Å². The summed E-state index contributed by atoms with van der Waals surface area (Å²) in [5.74, 6) is 1.34. The number of hydrogen-bond donors (Lipinski definition) is 1. The van der Waals surface area contributed by atoms with Gasteiger partial charge in [-0.2, -0.15) is 16.3 Å². The molecule has 0 bridgehead atoms. The summed E-state index contributed by atoms with van der Waals surface area (Å²) >= 11 is 1.57. The molecular weight excluding hydrogens is 264 g/mol. The van der Waals surface area contributed by atoms with Gasteiger partial charge in [-0.1, -0.05) is 5.16 Å². The van der Waals surface area contributed by atoms with Crippen LogP contribution in [0.2, 0.25) is 0 Å². The molecule has 0 amide bonds. The number of aromatic nitrogens is 2. The Balaban J connectivity index is 1.97. The third kappa shape index (κ3) is 2.17. The highest BCUT2D eigenvalue weighted by Gasteiger charge is 2.12. The highest BCUT2D eigenvalue weighted by molar-refractivity contribution is 7.08. The third-order valence-electron chi connectivity index (χ3n) is 2.63. The third-order valence-corrected chi connectivity index (χ3v) is 3.31. The fraction of sp³-hybridized carbons (Fsp3) is 0.0769. The summed E-state index contributed by atoms with van der Waals surface area (Å²) in [6.07, 6.45) is 0. The number of benzene rings is 1. The Morgan fingerprint density at radius 3 is 2.84 bits per heavy atom. The number of methoxy groups -OCH3 is 1. The lowest BCUT2D eigenvalue weighted by atomic mass is 10.2. The first-order valence-corrected chi connectivity index (χ1v) is 6.46.